The number of hydrogen-bond acceptors (Lipinski definition) is 2. The summed E-state index contributed by atoms with van der Waals surface area (Å²) >= 11 is 8.62. The maximum Gasteiger partial charge on any atom is 0.222 e. The monoisotopic (exact) mass is 355 g/mol. The molecular formula is C14H18BrN3OS. The van der Waals surface area contributed by atoms with Crippen LogP contribution in [0.4, 0.5) is 5.69 Å². The number of nitrogens with one attached hydrogen (secondary N) is 2. The third-order valence-corrected chi connectivity index (χ3v) is 3.94. The molecule has 108 valence electrons. The van der Waals surface area contributed by atoms with E-state index in [0.29, 0.717) is 11.5 Å². The second-order valence-corrected chi connectivity index (χ2v) is 6.05. The van der Waals surface area contributed by atoms with Gasteiger partial charge in [0, 0.05) is 36.2 Å². The van der Waals surface area contributed by atoms with Gasteiger partial charge in [0.05, 0.1) is 0 Å². The third kappa shape index (κ3) is 4.76. The van der Waals surface area contributed by atoms with Crippen LogP contribution in [0.25, 0.3) is 0 Å². The zero-order valence-corrected chi connectivity index (χ0v) is 13.6. The maximum atomic E-state index is 11.4. The Morgan fingerprint density at radius 3 is 2.75 bits per heavy atom. The van der Waals surface area contributed by atoms with Gasteiger partial charge in [0.1, 0.15) is 0 Å². The predicted octanol–water partition coefficient (Wildman–Crippen LogP) is 2.75. The number of carbonyl (C=O) groups is 1. The van der Waals surface area contributed by atoms with Crippen molar-refractivity contribution in [2.24, 2.45) is 0 Å². The Morgan fingerprint density at radius 2 is 2.10 bits per heavy atom. The van der Waals surface area contributed by atoms with Crippen molar-refractivity contribution < 1.29 is 4.79 Å². The zero-order valence-electron chi connectivity index (χ0n) is 11.2. The van der Waals surface area contributed by atoms with Crippen LogP contribution in [0.1, 0.15) is 19.3 Å². The molecule has 0 unspecified atom stereocenters. The fourth-order valence-corrected chi connectivity index (χ4v) is 2.61. The van der Waals surface area contributed by atoms with Crippen LogP contribution in [-0.4, -0.2) is 35.6 Å². The van der Waals surface area contributed by atoms with Crippen molar-refractivity contribution in [3.8, 4) is 0 Å². The smallest absolute Gasteiger partial charge is 0.222 e. The molecule has 20 heavy (non-hydrogen) atoms. The topological polar surface area (TPSA) is 44.4 Å². The van der Waals surface area contributed by atoms with E-state index in [9.17, 15) is 4.79 Å². The molecule has 2 N–H and O–H groups in total. The number of anilines is 1. The minimum Gasteiger partial charge on any atom is -0.362 e. The van der Waals surface area contributed by atoms with E-state index in [0.717, 1.165) is 42.6 Å². The molecule has 0 aliphatic carbocycles. The van der Waals surface area contributed by atoms with E-state index in [1.54, 1.807) is 0 Å². The number of hydrogen-bond donors (Lipinski definition) is 2. The minimum absolute atomic E-state index is 0.278. The van der Waals surface area contributed by atoms with Gasteiger partial charge in [0.25, 0.3) is 0 Å². The van der Waals surface area contributed by atoms with E-state index in [1.165, 1.54) is 0 Å². The van der Waals surface area contributed by atoms with E-state index >= 15 is 0 Å². The maximum absolute atomic E-state index is 11.4. The molecule has 1 saturated heterocycles. The van der Waals surface area contributed by atoms with Gasteiger partial charge < -0.3 is 15.5 Å². The Kier molecular flexibility index (Phi) is 5.79. The first-order valence-electron chi connectivity index (χ1n) is 6.73. The Balaban J connectivity index is 1.62. The molecule has 0 saturated carbocycles. The van der Waals surface area contributed by atoms with E-state index in [4.69, 9.17) is 12.2 Å². The lowest BCUT2D eigenvalue weighted by atomic mass is 10.3. The van der Waals surface area contributed by atoms with E-state index in [-0.39, 0.29) is 5.91 Å². The van der Waals surface area contributed by atoms with Gasteiger partial charge in [-0.1, -0.05) is 15.9 Å². The molecule has 2 rings (SSSR count). The largest absolute Gasteiger partial charge is 0.362 e. The summed E-state index contributed by atoms with van der Waals surface area (Å²) in [6.45, 7) is 2.49. The summed E-state index contributed by atoms with van der Waals surface area (Å²) in [7, 11) is 0. The normalized spacial score (nSPS) is 14.4. The average Bonchev–Trinajstić information content (AvgIpc) is 2.83. The van der Waals surface area contributed by atoms with E-state index in [1.807, 2.05) is 29.2 Å². The van der Waals surface area contributed by atoms with Crippen LogP contribution in [-0.2, 0) is 4.79 Å². The van der Waals surface area contributed by atoms with Crippen LogP contribution in [0.3, 0.4) is 0 Å². The summed E-state index contributed by atoms with van der Waals surface area (Å²) in [5.74, 6) is 0.278. The number of nitrogens with zero attached hydrogens (tertiary/aromatic N) is 1. The first kappa shape index (κ1) is 15.3. The second-order valence-electron chi connectivity index (χ2n) is 4.73. The van der Waals surface area contributed by atoms with Gasteiger partial charge in [-0.05, 0) is 49.3 Å². The molecule has 1 aliphatic rings. The predicted molar refractivity (Wildman–Crippen MR) is 88.8 cm³/mol. The quantitative estimate of drug-likeness (QED) is 0.629. The SMILES string of the molecule is O=C1CCCN1CCCNC(=S)Nc1ccc(Br)cc1. The number of halogens is 1. The summed E-state index contributed by atoms with van der Waals surface area (Å²) in [4.78, 5) is 13.4. The molecule has 1 aromatic rings. The lowest BCUT2D eigenvalue weighted by Crippen LogP contribution is -2.32. The van der Waals surface area contributed by atoms with Crippen LogP contribution in [0, 0.1) is 0 Å². The zero-order chi connectivity index (χ0) is 14.4. The van der Waals surface area contributed by atoms with Crippen LogP contribution in [0.5, 0.6) is 0 Å². The highest BCUT2D eigenvalue weighted by Gasteiger charge is 2.18. The van der Waals surface area contributed by atoms with Crippen molar-refractivity contribution in [3.63, 3.8) is 0 Å². The Hall–Kier alpha value is -1.14. The molecule has 0 atom stereocenters. The van der Waals surface area contributed by atoms with Crippen molar-refractivity contribution in [1.29, 1.82) is 0 Å². The molecule has 4 nitrogen and oxygen atoms in total. The summed E-state index contributed by atoms with van der Waals surface area (Å²) in [6.07, 6.45) is 2.61. The van der Waals surface area contributed by atoms with Gasteiger partial charge in [0.2, 0.25) is 5.91 Å². The number of rotatable bonds is 5. The third-order valence-electron chi connectivity index (χ3n) is 3.16. The van der Waals surface area contributed by atoms with E-state index in [2.05, 4.69) is 26.6 Å². The molecule has 0 radical (unpaired) electrons. The molecule has 1 aromatic carbocycles. The molecule has 0 spiro atoms. The lowest BCUT2D eigenvalue weighted by Gasteiger charge is -2.16. The standard InChI is InChI=1S/C14H18BrN3OS/c15-11-4-6-12(7-5-11)17-14(20)16-8-2-10-18-9-1-3-13(18)19/h4-7H,1-3,8-10H2,(H2,16,17,20). The molecule has 1 amide bonds. The first-order valence-corrected chi connectivity index (χ1v) is 7.93. The molecule has 1 heterocycles. The highest BCUT2D eigenvalue weighted by molar-refractivity contribution is 9.10. The number of carbonyl (C=O) groups excluding carboxylic acids is 1. The number of amides is 1. The fraction of sp³-hybridized carbons (Fsp3) is 0.429. The Morgan fingerprint density at radius 1 is 1.35 bits per heavy atom. The first-order chi connectivity index (χ1) is 9.65. The summed E-state index contributed by atoms with van der Waals surface area (Å²) in [5.41, 5.74) is 0.959. The highest BCUT2D eigenvalue weighted by Crippen LogP contribution is 2.14. The lowest BCUT2D eigenvalue weighted by molar-refractivity contribution is -0.127. The number of benzene rings is 1. The van der Waals surface area contributed by atoms with Gasteiger partial charge in [0.15, 0.2) is 5.11 Å². The minimum atomic E-state index is 0.278. The Labute approximate surface area is 133 Å². The summed E-state index contributed by atoms with van der Waals surface area (Å²) in [5, 5.41) is 6.89. The fourth-order valence-electron chi connectivity index (χ4n) is 2.12. The Bertz CT molecular complexity index is 478. The molecule has 1 aliphatic heterocycles. The molecular weight excluding hydrogens is 338 g/mol. The molecule has 0 bridgehead atoms. The molecule has 1 fully saturated rings. The van der Waals surface area contributed by atoms with Crippen molar-refractivity contribution in [2.45, 2.75) is 19.3 Å². The van der Waals surface area contributed by atoms with Crippen molar-refractivity contribution >= 4 is 44.9 Å². The number of likely N-dealkylation sites (tertiary alicyclic amines) is 1. The van der Waals surface area contributed by atoms with Crippen LogP contribution < -0.4 is 10.6 Å². The van der Waals surface area contributed by atoms with Crippen LogP contribution >= 0.6 is 28.1 Å². The van der Waals surface area contributed by atoms with E-state index < -0.39 is 0 Å². The highest BCUT2D eigenvalue weighted by atomic mass is 79.9. The van der Waals surface area contributed by atoms with Gasteiger partial charge >= 0.3 is 0 Å². The van der Waals surface area contributed by atoms with Gasteiger partial charge in [-0.15, -0.1) is 0 Å². The molecule has 0 aromatic heterocycles. The average molecular weight is 356 g/mol. The van der Waals surface area contributed by atoms with Gasteiger partial charge in [-0.3, -0.25) is 4.79 Å². The van der Waals surface area contributed by atoms with Crippen LogP contribution in [0.15, 0.2) is 28.7 Å². The van der Waals surface area contributed by atoms with Gasteiger partial charge in [-0.25, -0.2) is 0 Å². The van der Waals surface area contributed by atoms with Crippen molar-refractivity contribution in [1.82, 2.24) is 10.2 Å². The molecule has 6 heteroatoms. The van der Waals surface area contributed by atoms with Gasteiger partial charge in [-0.2, -0.15) is 0 Å². The summed E-state index contributed by atoms with van der Waals surface area (Å²) < 4.78 is 1.04. The summed E-state index contributed by atoms with van der Waals surface area (Å²) in [6, 6.07) is 7.84. The van der Waals surface area contributed by atoms with Crippen molar-refractivity contribution in [3.05, 3.63) is 28.7 Å². The van der Waals surface area contributed by atoms with Crippen LogP contribution in [0.2, 0.25) is 0 Å². The number of thiocarbonyl (C=S) groups is 1. The van der Waals surface area contributed by atoms with Crippen molar-refractivity contribution in [2.75, 3.05) is 25.0 Å². The second kappa shape index (κ2) is 7.59.